The zero-order valence-corrected chi connectivity index (χ0v) is 12.2. The monoisotopic (exact) mass is 280 g/mol. The van der Waals surface area contributed by atoms with Crippen molar-refractivity contribution in [1.82, 2.24) is 9.80 Å². The Morgan fingerprint density at radius 3 is 2.95 bits per heavy atom. The van der Waals surface area contributed by atoms with E-state index in [4.69, 9.17) is 0 Å². The van der Waals surface area contributed by atoms with Crippen molar-refractivity contribution in [2.45, 2.75) is 24.0 Å². The van der Waals surface area contributed by atoms with Crippen molar-refractivity contribution < 1.29 is 9.90 Å². The van der Waals surface area contributed by atoms with Crippen LogP contribution in [0.5, 0.6) is 0 Å². The molecule has 1 fully saturated rings. The minimum absolute atomic E-state index is 0.0359. The second-order valence-electron chi connectivity index (χ2n) is 5.09. The number of hydrogen-bond donors (Lipinski definition) is 1. The Labute approximate surface area is 118 Å². The first kappa shape index (κ1) is 14.4. The molecule has 0 saturated carbocycles. The molecule has 0 aliphatic carbocycles. The highest BCUT2D eigenvalue weighted by Crippen LogP contribution is 2.23. The molecular weight excluding hydrogens is 260 g/mol. The lowest BCUT2D eigenvalue weighted by Crippen LogP contribution is -2.21. The molecule has 1 aliphatic rings. The average Bonchev–Trinajstić information content (AvgIpc) is 2.75. The number of amides is 1. The van der Waals surface area contributed by atoms with Crippen LogP contribution in [0.4, 0.5) is 4.79 Å². The van der Waals surface area contributed by atoms with E-state index in [1.165, 1.54) is 17.3 Å². The molecule has 104 valence electrons. The predicted octanol–water partition coefficient (Wildman–Crippen LogP) is 2.03. The van der Waals surface area contributed by atoms with Gasteiger partial charge in [-0.1, -0.05) is 12.1 Å². The fraction of sp³-hybridized carbons (Fsp3) is 0.500. The van der Waals surface area contributed by atoms with Gasteiger partial charge in [-0.3, -0.25) is 9.69 Å². The Bertz CT molecular complexity index is 451. The molecule has 1 amide bonds. The number of rotatable bonds is 3. The lowest BCUT2D eigenvalue weighted by atomic mass is 10.2. The molecule has 0 bridgehead atoms. The van der Waals surface area contributed by atoms with Crippen molar-refractivity contribution >= 4 is 17.0 Å². The Morgan fingerprint density at radius 1 is 1.53 bits per heavy atom. The van der Waals surface area contributed by atoms with Crippen LogP contribution in [0.3, 0.4) is 0 Å². The van der Waals surface area contributed by atoms with Crippen molar-refractivity contribution in [2.75, 3.05) is 27.2 Å². The van der Waals surface area contributed by atoms with Crippen LogP contribution in [0, 0.1) is 0 Å². The molecule has 0 aromatic heterocycles. The van der Waals surface area contributed by atoms with Crippen molar-refractivity contribution in [1.29, 1.82) is 0 Å². The molecule has 1 heterocycles. The maximum Gasteiger partial charge on any atom is 0.285 e. The zero-order valence-electron chi connectivity index (χ0n) is 11.4. The maximum absolute atomic E-state index is 11.7. The van der Waals surface area contributed by atoms with Crippen LogP contribution in [0.15, 0.2) is 29.2 Å². The summed E-state index contributed by atoms with van der Waals surface area (Å²) in [5.41, 5.74) is 1.19. The fourth-order valence-electron chi connectivity index (χ4n) is 2.11. The van der Waals surface area contributed by atoms with E-state index < -0.39 is 0 Å². The van der Waals surface area contributed by atoms with Crippen LogP contribution in [0.1, 0.15) is 12.0 Å². The number of thioether (sulfide) groups is 1. The SMILES string of the molecule is CN(C)C(=O)Sc1cccc(CN2CCC(O)C2)c1. The van der Waals surface area contributed by atoms with Crippen molar-refractivity contribution in [2.24, 2.45) is 0 Å². The number of β-amino-alcohol motifs (C(OH)–C–C–N with tert-alkyl or cyclic N) is 1. The minimum atomic E-state index is -0.187. The van der Waals surface area contributed by atoms with Gasteiger partial charge in [-0.05, 0) is 35.9 Å². The smallest absolute Gasteiger partial charge is 0.285 e. The topological polar surface area (TPSA) is 43.8 Å². The van der Waals surface area contributed by atoms with Gasteiger partial charge in [-0.25, -0.2) is 0 Å². The van der Waals surface area contributed by atoms with Gasteiger partial charge in [0.1, 0.15) is 0 Å². The number of hydrogen-bond acceptors (Lipinski definition) is 4. The molecule has 4 nitrogen and oxygen atoms in total. The Hall–Kier alpha value is -1.04. The normalized spacial score (nSPS) is 19.6. The Balaban J connectivity index is 1.97. The number of carbonyl (C=O) groups excluding carboxylic acids is 1. The largest absolute Gasteiger partial charge is 0.392 e. The number of nitrogens with zero attached hydrogens (tertiary/aromatic N) is 2. The van der Waals surface area contributed by atoms with E-state index in [9.17, 15) is 9.90 Å². The summed E-state index contributed by atoms with van der Waals surface area (Å²) in [6.07, 6.45) is 0.668. The summed E-state index contributed by atoms with van der Waals surface area (Å²) in [4.78, 5) is 16.4. The summed E-state index contributed by atoms with van der Waals surface area (Å²) in [7, 11) is 3.51. The maximum atomic E-state index is 11.7. The molecule has 1 aromatic carbocycles. The van der Waals surface area contributed by atoms with Gasteiger partial charge in [0.05, 0.1) is 6.10 Å². The van der Waals surface area contributed by atoms with E-state index in [0.717, 1.165) is 31.0 Å². The number of benzene rings is 1. The number of carbonyl (C=O) groups is 1. The standard InChI is InChI=1S/C14H20N2O2S/c1-15(2)14(18)19-13-5-3-4-11(8-13)9-16-7-6-12(17)10-16/h3-5,8,12,17H,6-7,9-10H2,1-2H3. The molecule has 19 heavy (non-hydrogen) atoms. The molecule has 0 radical (unpaired) electrons. The second-order valence-corrected chi connectivity index (χ2v) is 6.11. The molecule has 1 aliphatic heterocycles. The number of aliphatic hydroxyl groups excluding tert-OH is 1. The van der Waals surface area contributed by atoms with Crippen LogP contribution in [0.25, 0.3) is 0 Å². The van der Waals surface area contributed by atoms with Crippen molar-refractivity contribution in [3.05, 3.63) is 29.8 Å². The fourth-order valence-corrected chi connectivity index (χ4v) is 2.85. The summed E-state index contributed by atoms with van der Waals surface area (Å²) < 4.78 is 0. The summed E-state index contributed by atoms with van der Waals surface area (Å²) in [5.74, 6) is 0. The van der Waals surface area contributed by atoms with E-state index in [1.807, 2.05) is 12.1 Å². The molecule has 1 saturated heterocycles. The molecule has 5 heteroatoms. The van der Waals surface area contributed by atoms with Crippen LogP contribution in [-0.2, 0) is 6.54 Å². The lowest BCUT2D eigenvalue weighted by molar-refractivity contribution is 0.175. The predicted molar refractivity (Wildman–Crippen MR) is 77.3 cm³/mol. The van der Waals surface area contributed by atoms with Crippen LogP contribution in [-0.4, -0.2) is 53.4 Å². The highest BCUT2D eigenvalue weighted by atomic mass is 32.2. The Morgan fingerprint density at radius 2 is 2.32 bits per heavy atom. The zero-order chi connectivity index (χ0) is 13.8. The molecule has 1 unspecified atom stereocenters. The number of aliphatic hydroxyl groups is 1. The first-order chi connectivity index (χ1) is 9.04. The average molecular weight is 280 g/mol. The summed E-state index contributed by atoms with van der Waals surface area (Å²) >= 11 is 1.24. The van der Waals surface area contributed by atoms with E-state index in [1.54, 1.807) is 19.0 Å². The summed E-state index contributed by atoms with van der Waals surface area (Å²) in [5, 5.41) is 9.55. The molecule has 1 aromatic rings. The van der Waals surface area contributed by atoms with Gasteiger partial charge in [-0.2, -0.15) is 0 Å². The molecule has 2 rings (SSSR count). The second kappa shape index (κ2) is 6.41. The summed E-state index contributed by atoms with van der Waals surface area (Å²) in [6.45, 7) is 2.52. The van der Waals surface area contributed by atoms with Crippen molar-refractivity contribution in [3.8, 4) is 0 Å². The third kappa shape index (κ3) is 4.23. The van der Waals surface area contributed by atoms with Gasteiger partial charge in [0.15, 0.2) is 0 Å². The van der Waals surface area contributed by atoms with Gasteiger partial charge in [-0.15, -0.1) is 0 Å². The van der Waals surface area contributed by atoms with Crippen LogP contribution >= 0.6 is 11.8 Å². The van der Waals surface area contributed by atoms with Gasteiger partial charge in [0.25, 0.3) is 5.24 Å². The van der Waals surface area contributed by atoms with Crippen LogP contribution in [0.2, 0.25) is 0 Å². The minimum Gasteiger partial charge on any atom is -0.392 e. The third-order valence-corrected chi connectivity index (χ3v) is 4.15. The van der Waals surface area contributed by atoms with Crippen molar-refractivity contribution in [3.63, 3.8) is 0 Å². The van der Waals surface area contributed by atoms with Gasteiger partial charge in [0.2, 0.25) is 0 Å². The molecular formula is C14H20N2O2S. The first-order valence-corrected chi connectivity index (χ1v) is 7.25. The van der Waals surface area contributed by atoms with E-state index in [2.05, 4.69) is 17.0 Å². The highest BCUT2D eigenvalue weighted by Gasteiger charge is 2.20. The number of likely N-dealkylation sites (tertiary alicyclic amines) is 1. The van der Waals surface area contributed by atoms with E-state index in [-0.39, 0.29) is 11.3 Å². The van der Waals surface area contributed by atoms with Gasteiger partial charge in [0, 0.05) is 38.6 Å². The molecule has 0 spiro atoms. The van der Waals surface area contributed by atoms with Crippen LogP contribution < -0.4 is 0 Å². The molecule has 1 N–H and O–H groups in total. The third-order valence-electron chi connectivity index (χ3n) is 3.12. The quantitative estimate of drug-likeness (QED) is 0.860. The lowest BCUT2D eigenvalue weighted by Gasteiger charge is -2.15. The highest BCUT2D eigenvalue weighted by molar-refractivity contribution is 8.13. The molecule has 1 atom stereocenters. The van der Waals surface area contributed by atoms with Gasteiger partial charge >= 0.3 is 0 Å². The van der Waals surface area contributed by atoms with E-state index >= 15 is 0 Å². The summed E-state index contributed by atoms with van der Waals surface area (Å²) in [6, 6.07) is 8.05. The van der Waals surface area contributed by atoms with Gasteiger partial charge < -0.3 is 10.0 Å². The Kier molecular flexibility index (Phi) is 4.85. The van der Waals surface area contributed by atoms with E-state index in [0.29, 0.717) is 0 Å². The first-order valence-electron chi connectivity index (χ1n) is 6.43.